The van der Waals surface area contributed by atoms with Gasteiger partial charge in [0.1, 0.15) is 6.33 Å². The van der Waals surface area contributed by atoms with E-state index in [4.69, 9.17) is 4.74 Å². The molecule has 0 spiro atoms. The van der Waals surface area contributed by atoms with E-state index in [0.717, 1.165) is 48.8 Å². The van der Waals surface area contributed by atoms with E-state index in [1.165, 1.54) is 6.33 Å². The van der Waals surface area contributed by atoms with Gasteiger partial charge in [-0.1, -0.05) is 18.2 Å². The molecular formula is C19H27IN6O2. The molecule has 1 saturated heterocycles. The van der Waals surface area contributed by atoms with Crippen molar-refractivity contribution in [3.8, 4) is 11.4 Å². The molecule has 0 saturated carbocycles. The monoisotopic (exact) mass is 498 g/mol. The Balaban J connectivity index is 0.00000280. The zero-order chi connectivity index (χ0) is 19.1. The number of H-pyrrole nitrogens is 1. The van der Waals surface area contributed by atoms with Gasteiger partial charge in [-0.15, -0.1) is 24.0 Å². The summed E-state index contributed by atoms with van der Waals surface area (Å²) in [5.74, 6) is 1.52. The van der Waals surface area contributed by atoms with Crippen molar-refractivity contribution < 1.29 is 9.53 Å². The summed E-state index contributed by atoms with van der Waals surface area (Å²) in [5.41, 5.74) is 2.13. The van der Waals surface area contributed by atoms with Crippen molar-refractivity contribution in [2.45, 2.75) is 26.3 Å². The molecular weight excluding hydrogens is 471 g/mol. The number of guanidine groups is 1. The van der Waals surface area contributed by atoms with Gasteiger partial charge in [-0.05, 0) is 31.4 Å². The highest BCUT2D eigenvalue weighted by atomic mass is 127. The van der Waals surface area contributed by atoms with Gasteiger partial charge in [0.25, 0.3) is 0 Å². The van der Waals surface area contributed by atoms with Gasteiger partial charge in [-0.2, -0.15) is 5.10 Å². The van der Waals surface area contributed by atoms with E-state index >= 15 is 0 Å². The zero-order valence-corrected chi connectivity index (χ0v) is 18.6. The summed E-state index contributed by atoms with van der Waals surface area (Å²) < 4.78 is 5.14. The summed E-state index contributed by atoms with van der Waals surface area (Å²) in [5, 5.41) is 10.2. The van der Waals surface area contributed by atoms with Crippen molar-refractivity contribution in [2.24, 2.45) is 10.9 Å². The highest BCUT2D eigenvalue weighted by Crippen LogP contribution is 2.19. The van der Waals surface area contributed by atoms with Gasteiger partial charge in [-0.25, -0.2) is 4.98 Å². The normalized spacial score (nSPS) is 15.1. The average Bonchev–Trinajstić information content (AvgIpc) is 3.24. The Hall–Kier alpha value is -2.17. The molecule has 0 unspecified atom stereocenters. The van der Waals surface area contributed by atoms with Crippen molar-refractivity contribution >= 4 is 35.9 Å². The van der Waals surface area contributed by atoms with Crippen LogP contribution in [-0.4, -0.2) is 58.8 Å². The van der Waals surface area contributed by atoms with Crippen LogP contribution in [0.3, 0.4) is 0 Å². The summed E-state index contributed by atoms with van der Waals surface area (Å²) in [6, 6.07) is 8.14. The van der Waals surface area contributed by atoms with Gasteiger partial charge in [0.05, 0.1) is 12.5 Å². The molecule has 2 heterocycles. The standard InChI is InChI=1S/C19H26N6O2.HI/c1-3-27-18(26)15-7-9-25(10-8-15)19(20-2)21-12-14-5-4-6-16(11-14)17-22-13-23-24-17;/h4-6,11,13,15H,3,7-10,12H2,1-2H3,(H,20,21)(H,22,23,24);1H. The number of nitrogens with one attached hydrogen (secondary N) is 2. The number of likely N-dealkylation sites (tertiary alicyclic amines) is 1. The summed E-state index contributed by atoms with van der Waals surface area (Å²) in [6.45, 7) is 4.53. The average molecular weight is 498 g/mol. The Morgan fingerprint density at radius 2 is 2.18 bits per heavy atom. The van der Waals surface area contributed by atoms with E-state index in [2.05, 4.69) is 42.5 Å². The van der Waals surface area contributed by atoms with E-state index in [1.807, 2.05) is 19.1 Å². The largest absolute Gasteiger partial charge is 0.466 e. The number of carbonyl (C=O) groups is 1. The molecule has 2 aromatic rings. The van der Waals surface area contributed by atoms with Crippen LogP contribution in [0.1, 0.15) is 25.3 Å². The lowest BCUT2D eigenvalue weighted by atomic mass is 9.97. The Bertz CT molecular complexity index is 772. The second-order valence-corrected chi connectivity index (χ2v) is 6.45. The van der Waals surface area contributed by atoms with E-state index < -0.39 is 0 Å². The fraction of sp³-hybridized carbons (Fsp3) is 0.474. The van der Waals surface area contributed by atoms with Crippen LogP contribution < -0.4 is 5.32 Å². The predicted molar refractivity (Wildman–Crippen MR) is 118 cm³/mol. The molecule has 1 aromatic carbocycles. The number of halogens is 1. The quantitative estimate of drug-likeness (QED) is 0.285. The van der Waals surface area contributed by atoms with Crippen LogP contribution in [0.2, 0.25) is 0 Å². The maximum atomic E-state index is 11.9. The maximum absolute atomic E-state index is 11.9. The molecule has 3 rings (SSSR count). The van der Waals surface area contributed by atoms with Gasteiger partial charge in [0.15, 0.2) is 11.8 Å². The summed E-state index contributed by atoms with van der Waals surface area (Å²) in [7, 11) is 1.78. The van der Waals surface area contributed by atoms with Crippen LogP contribution in [0.4, 0.5) is 0 Å². The molecule has 28 heavy (non-hydrogen) atoms. The first-order chi connectivity index (χ1) is 13.2. The number of nitrogens with zero attached hydrogens (tertiary/aromatic N) is 4. The molecule has 0 amide bonds. The first kappa shape index (κ1) is 22.1. The Morgan fingerprint density at radius 3 is 2.82 bits per heavy atom. The summed E-state index contributed by atoms with van der Waals surface area (Å²) in [4.78, 5) is 22.7. The van der Waals surface area contributed by atoms with Crippen molar-refractivity contribution in [2.75, 3.05) is 26.7 Å². The van der Waals surface area contributed by atoms with E-state index in [1.54, 1.807) is 7.05 Å². The number of hydrogen-bond donors (Lipinski definition) is 2. The first-order valence-electron chi connectivity index (χ1n) is 9.28. The van der Waals surface area contributed by atoms with Gasteiger partial charge >= 0.3 is 5.97 Å². The fourth-order valence-electron chi connectivity index (χ4n) is 3.27. The van der Waals surface area contributed by atoms with Crippen molar-refractivity contribution in [3.63, 3.8) is 0 Å². The minimum absolute atomic E-state index is 0. The molecule has 1 fully saturated rings. The minimum atomic E-state index is -0.0793. The Morgan fingerprint density at radius 1 is 1.39 bits per heavy atom. The minimum Gasteiger partial charge on any atom is -0.466 e. The highest BCUT2D eigenvalue weighted by molar-refractivity contribution is 14.0. The molecule has 1 aliphatic heterocycles. The fourth-order valence-corrected chi connectivity index (χ4v) is 3.27. The van der Waals surface area contributed by atoms with Crippen molar-refractivity contribution in [3.05, 3.63) is 36.2 Å². The van der Waals surface area contributed by atoms with Gasteiger partial charge in [-0.3, -0.25) is 14.9 Å². The number of aliphatic imine (C=N–C) groups is 1. The smallest absolute Gasteiger partial charge is 0.309 e. The summed E-state index contributed by atoms with van der Waals surface area (Å²) in [6.07, 6.45) is 3.09. The highest BCUT2D eigenvalue weighted by Gasteiger charge is 2.27. The molecule has 2 N–H and O–H groups in total. The summed E-state index contributed by atoms with van der Waals surface area (Å²) >= 11 is 0. The van der Waals surface area contributed by atoms with Crippen LogP contribution in [0.25, 0.3) is 11.4 Å². The molecule has 0 aliphatic carbocycles. The lowest BCUT2D eigenvalue weighted by Crippen LogP contribution is -2.46. The molecule has 8 nitrogen and oxygen atoms in total. The number of ether oxygens (including phenoxy) is 1. The second-order valence-electron chi connectivity index (χ2n) is 6.45. The number of benzene rings is 1. The lowest BCUT2D eigenvalue weighted by Gasteiger charge is -2.33. The van der Waals surface area contributed by atoms with Crippen molar-refractivity contribution in [1.29, 1.82) is 0 Å². The third kappa shape index (κ3) is 5.66. The molecule has 1 aliphatic rings. The molecule has 0 bridgehead atoms. The first-order valence-corrected chi connectivity index (χ1v) is 9.28. The molecule has 0 atom stereocenters. The Labute approximate surface area is 182 Å². The van der Waals surface area contributed by atoms with E-state index in [-0.39, 0.29) is 35.9 Å². The lowest BCUT2D eigenvalue weighted by molar-refractivity contribution is -0.149. The molecule has 0 radical (unpaired) electrons. The zero-order valence-electron chi connectivity index (χ0n) is 16.2. The Kier molecular flexibility index (Phi) is 8.68. The third-order valence-corrected chi connectivity index (χ3v) is 4.69. The topological polar surface area (TPSA) is 95.5 Å². The van der Waals surface area contributed by atoms with Crippen LogP contribution in [0.15, 0.2) is 35.6 Å². The van der Waals surface area contributed by atoms with Gasteiger partial charge in [0, 0.05) is 32.2 Å². The number of aromatic amines is 1. The van der Waals surface area contributed by atoms with Gasteiger partial charge < -0.3 is 15.0 Å². The van der Waals surface area contributed by atoms with Crippen LogP contribution in [0, 0.1) is 5.92 Å². The van der Waals surface area contributed by atoms with E-state index in [9.17, 15) is 4.79 Å². The predicted octanol–water partition coefficient (Wildman–Crippen LogP) is 2.44. The van der Waals surface area contributed by atoms with Crippen LogP contribution >= 0.6 is 24.0 Å². The third-order valence-electron chi connectivity index (χ3n) is 4.69. The number of esters is 1. The van der Waals surface area contributed by atoms with Crippen molar-refractivity contribution in [1.82, 2.24) is 25.4 Å². The number of rotatable bonds is 5. The van der Waals surface area contributed by atoms with E-state index in [0.29, 0.717) is 13.2 Å². The number of carbonyl (C=O) groups excluding carboxylic acids is 1. The number of aromatic nitrogens is 3. The van der Waals surface area contributed by atoms with Crippen LogP contribution in [0.5, 0.6) is 0 Å². The molecule has 9 heteroatoms. The van der Waals surface area contributed by atoms with Gasteiger partial charge in [0.2, 0.25) is 0 Å². The number of piperidine rings is 1. The second kappa shape index (κ2) is 11.0. The molecule has 1 aromatic heterocycles. The number of hydrogen-bond acceptors (Lipinski definition) is 5. The molecule has 152 valence electrons. The van der Waals surface area contributed by atoms with Crippen LogP contribution in [-0.2, 0) is 16.1 Å². The SMILES string of the molecule is CCOC(=O)C1CCN(C(=NC)NCc2cccc(-c3ncn[nH]3)c2)CC1.I. The maximum Gasteiger partial charge on any atom is 0.309 e.